The minimum Gasteiger partial charge on any atom is -0.494 e. The van der Waals surface area contributed by atoms with Crippen LogP contribution in [0, 0.1) is 0 Å². The maximum atomic E-state index is 7.13. The van der Waals surface area contributed by atoms with Gasteiger partial charge in [-0.05, 0) is 0 Å². The van der Waals surface area contributed by atoms with Gasteiger partial charge in [0, 0.05) is 0 Å². The number of hydrogen-bond acceptors (Lipinski definition) is 4. The molecule has 10 heavy (non-hydrogen) atoms. The van der Waals surface area contributed by atoms with Crippen LogP contribution in [-0.4, -0.2) is 23.6 Å². The number of rotatable bonds is 3. The van der Waals surface area contributed by atoms with Crippen LogP contribution in [0.5, 0.6) is 5.75 Å². The molecule has 0 aromatic carbocycles. The number of nitrogens with zero attached hydrogens (tertiary/aromatic N) is 2. The third-order valence-corrected chi connectivity index (χ3v) is 0.955. The second-order valence-corrected chi connectivity index (χ2v) is 1.55. The first kappa shape index (κ1) is 3.88. The third kappa shape index (κ3) is 1.41. The van der Waals surface area contributed by atoms with Crippen molar-refractivity contribution in [2.24, 2.45) is 0 Å². The van der Waals surface area contributed by atoms with E-state index >= 15 is 0 Å². The zero-order valence-electron chi connectivity index (χ0n) is 8.37. The molecule has 1 rings (SSSR count). The van der Waals surface area contributed by atoms with Crippen LogP contribution in [0.1, 0.15) is 8.57 Å². The minimum atomic E-state index is -2.29. The normalized spacial score (nSPS) is 15.1. The highest BCUT2D eigenvalue weighted by Gasteiger charge is 1.92. The van der Waals surface area contributed by atoms with Gasteiger partial charge in [-0.25, -0.2) is 9.97 Å². The Hall–Kier alpha value is -1.16. The van der Waals surface area contributed by atoms with Crippen LogP contribution < -0.4 is 4.74 Å². The van der Waals surface area contributed by atoms with Crippen LogP contribution in [0.15, 0.2) is 12.4 Å². The monoisotopic (exact) mass is 143 g/mol. The highest BCUT2D eigenvalue weighted by molar-refractivity contribution is 5.11. The zero-order chi connectivity index (χ0) is 9.90. The van der Waals surface area contributed by atoms with E-state index in [0.717, 1.165) is 0 Å². The Labute approximate surface area is 62.8 Å². The Morgan fingerprint density at radius 1 is 1.80 bits per heavy atom. The van der Waals surface area contributed by atoms with E-state index in [4.69, 9.17) is 8.91 Å². The molecule has 0 saturated carbocycles. The predicted octanol–water partition coefficient (Wildman–Crippen LogP) is -0.0225. The van der Waals surface area contributed by atoms with E-state index in [1.807, 2.05) is 0 Å². The maximum absolute atomic E-state index is 7.13. The summed E-state index contributed by atoms with van der Waals surface area (Å²) in [5.41, 5.74) is 0. The molecule has 1 aromatic heterocycles. The summed E-state index contributed by atoms with van der Waals surface area (Å²) in [6, 6.07) is 0. The number of hydrogen-bond donors (Lipinski definition) is 1. The van der Waals surface area contributed by atoms with E-state index in [9.17, 15) is 0 Å². The van der Waals surface area contributed by atoms with Crippen molar-refractivity contribution >= 4 is 0 Å². The van der Waals surface area contributed by atoms with Gasteiger partial charge in [0.2, 0.25) is 1.43 Å². The first-order chi connectivity index (χ1) is 6.10. The summed E-state index contributed by atoms with van der Waals surface area (Å²) in [5.74, 6) is 0.216. The number of ether oxygens (including phenoxy) is 1. The summed E-state index contributed by atoms with van der Waals surface area (Å²) in [7, 11) is 1.45. The Balaban J connectivity index is 2.92. The quantitative estimate of drug-likeness (QED) is 0.646. The highest BCUT2D eigenvalue weighted by atomic mass is 16.5. The van der Waals surface area contributed by atoms with Crippen molar-refractivity contribution in [2.75, 3.05) is 7.11 Å². The molecule has 0 spiro atoms. The fraction of sp³-hybridized carbons (Fsp3) is 0.333. The lowest BCUT2D eigenvalue weighted by molar-refractivity contribution is 0.270. The number of methoxy groups -OCH3 is 1. The van der Waals surface area contributed by atoms with Gasteiger partial charge < -0.3 is 9.85 Å². The van der Waals surface area contributed by atoms with Crippen molar-refractivity contribution in [3.05, 3.63) is 18.2 Å². The van der Waals surface area contributed by atoms with Crippen molar-refractivity contribution < 1.29 is 12.6 Å². The molecule has 0 radical (unpaired) electrons. The topological polar surface area (TPSA) is 55.2 Å². The van der Waals surface area contributed by atoms with Gasteiger partial charge >= 0.3 is 0 Å². The molecule has 1 heterocycles. The average molecular weight is 143 g/mol. The molecule has 54 valence electrons. The zero-order valence-corrected chi connectivity index (χ0v) is 5.37. The summed E-state index contributed by atoms with van der Waals surface area (Å²) in [6.45, 7) is -2.29. The molecule has 0 saturated heterocycles. The lowest BCUT2D eigenvalue weighted by Crippen LogP contribution is -1.94. The predicted molar refractivity (Wildman–Crippen MR) is 34.5 cm³/mol. The van der Waals surface area contributed by atoms with E-state index in [1.54, 1.807) is 0 Å². The summed E-state index contributed by atoms with van der Waals surface area (Å²) in [5, 5.41) is 3.81. The molecule has 4 nitrogen and oxygen atoms in total. The molecular formula is C6H8N2O2. The first-order valence-electron chi connectivity index (χ1n) is 4.02. The fourth-order valence-corrected chi connectivity index (χ4v) is 0.474. The Bertz CT molecular complexity index is 278. The van der Waals surface area contributed by atoms with Crippen LogP contribution >= 0.6 is 0 Å². The second kappa shape index (κ2) is 3.12. The molecule has 0 aliphatic carbocycles. The van der Waals surface area contributed by atoms with Gasteiger partial charge in [-0.15, -0.1) is 0 Å². The highest BCUT2D eigenvalue weighted by Crippen LogP contribution is 2.03. The van der Waals surface area contributed by atoms with Gasteiger partial charge in [-0.1, -0.05) is 0 Å². The SMILES string of the molecule is [2H]OC([2H])([2H])c1ncc(OC)cn1. The van der Waals surface area contributed by atoms with Gasteiger partial charge in [0.05, 0.1) is 22.2 Å². The van der Waals surface area contributed by atoms with Gasteiger partial charge in [-0.3, -0.25) is 0 Å². The van der Waals surface area contributed by atoms with Crippen LogP contribution in [0.25, 0.3) is 0 Å². The van der Waals surface area contributed by atoms with Gasteiger partial charge in [0.25, 0.3) is 0 Å². The van der Waals surface area contributed by atoms with Gasteiger partial charge in [0.1, 0.15) is 6.56 Å². The summed E-state index contributed by atoms with van der Waals surface area (Å²) >= 11 is 0. The lowest BCUT2D eigenvalue weighted by atomic mass is 10.5. The molecule has 0 atom stereocenters. The maximum Gasteiger partial charge on any atom is 0.211 e. The Morgan fingerprint density at radius 3 is 3.00 bits per heavy atom. The van der Waals surface area contributed by atoms with E-state index in [2.05, 4.69) is 15.1 Å². The van der Waals surface area contributed by atoms with E-state index < -0.39 is 6.56 Å². The second-order valence-electron chi connectivity index (χ2n) is 1.55. The standard InChI is InChI=1S/C6H8N2O2/c1-10-5-2-7-6(4-9)8-3-5/h2-3,9H,4H2,1H3/i4D2,9D. The van der Waals surface area contributed by atoms with Crippen LogP contribution in [0.4, 0.5) is 0 Å². The molecule has 4 heteroatoms. The van der Waals surface area contributed by atoms with Crippen LogP contribution in [0.2, 0.25) is 0 Å². The van der Waals surface area contributed by atoms with Gasteiger partial charge in [0.15, 0.2) is 11.6 Å². The summed E-state index contributed by atoms with van der Waals surface area (Å²) < 4.78 is 25.5. The Kier molecular flexibility index (Phi) is 1.21. The third-order valence-electron chi connectivity index (χ3n) is 0.955. The lowest BCUT2D eigenvalue weighted by Gasteiger charge is -1.97. The van der Waals surface area contributed by atoms with Crippen molar-refractivity contribution in [2.45, 2.75) is 6.56 Å². The molecular weight excluding hydrogens is 132 g/mol. The van der Waals surface area contributed by atoms with Crippen molar-refractivity contribution in [1.29, 1.82) is 1.43 Å². The van der Waals surface area contributed by atoms with Crippen LogP contribution in [0.3, 0.4) is 0 Å². The molecule has 1 N–H and O–H groups in total. The van der Waals surface area contributed by atoms with Gasteiger partial charge in [-0.2, -0.15) is 0 Å². The van der Waals surface area contributed by atoms with Crippen molar-refractivity contribution in [3.63, 3.8) is 0 Å². The van der Waals surface area contributed by atoms with E-state index in [0.29, 0.717) is 5.75 Å². The Morgan fingerprint density at radius 2 is 2.50 bits per heavy atom. The fourth-order valence-electron chi connectivity index (χ4n) is 0.474. The average Bonchev–Trinajstić information content (AvgIpc) is 2.18. The smallest absolute Gasteiger partial charge is 0.211 e. The molecule has 0 fully saturated rings. The first-order valence-corrected chi connectivity index (χ1v) is 2.61. The summed E-state index contributed by atoms with van der Waals surface area (Å²) in [4.78, 5) is 7.27. The van der Waals surface area contributed by atoms with Crippen LogP contribution in [-0.2, 0) is 6.56 Å². The largest absolute Gasteiger partial charge is 0.494 e. The molecule has 0 unspecified atom stereocenters. The van der Waals surface area contributed by atoms with E-state index in [-0.39, 0.29) is 5.82 Å². The van der Waals surface area contributed by atoms with E-state index in [1.165, 1.54) is 19.5 Å². The molecule has 0 aliphatic heterocycles. The molecule has 0 bridgehead atoms. The number of aliphatic hydroxyl groups is 1. The summed E-state index contributed by atoms with van der Waals surface area (Å²) in [6.07, 6.45) is 2.61. The molecule has 0 aliphatic rings. The molecule has 1 aromatic rings. The molecule has 0 amide bonds. The minimum absolute atomic E-state index is 0.205. The van der Waals surface area contributed by atoms with Crippen molar-refractivity contribution in [1.82, 2.24) is 9.97 Å². The van der Waals surface area contributed by atoms with Crippen molar-refractivity contribution in [3.8, 4) is 5.75 Å². The number of aromatic nitrogens is 2.